The lowest BCUT2D eigenvalue weighted by Crippen LogP contribution is -1.97. The molecule has 1 aromatic rings. The van der Waals surface area contributed by atoms with Crippen LogP contribution in [-0.4, -0.2) is 11.5 Å². The molecule has 0 atom stereocenters. The van der Waals surface area contributed by atoms with Crippen LogP contribution in [0, 0.1) is 0 Å². The third-order valence-electron chi connectivity index (χ3n) is 1.03. The van der Waals surface area contributed by atoms with Gasteiger partial charge in [-0.05, 0) is 28.1 Å². The first kappa shape index (κ1) is 8.00. The Labute approximate surface area is 71.5 Å². The molecular weight excluding hydrogens is 212 g/mol. The summed E-state index contributed by atoms with van der Waals surface area (Å²) in [5.74, 6) is 0.453. The Morgan fingerprint density at radius 2 is 2.36 bits per heavy atom. The molecule has 0 aromatic carbocycles. The fraction of sp³-hybridized carbons (Fsp3) is 0. The molecule has 5 heteroatoms. The number of anilines is 1. The number of carbonyl (C=O) groups excluding carboxylic acids is 1. The molecule has 0 aliphatic heterocycles. The third kappa shape index (κ3) is 1.91. The molecule has 0 aliphatic carbocycles. The van der Waals surface area contributed by atoms with Crippen molar-refractivity contribution >= 4 is 28.2 Å². The highest BCUT2D eigenvalue weighted by Crippen LogP contribution is 2.20. The van der Waals surface area contributed by atoms with Gasteiger partial charge in [0.05, 0.1) is 0 Å². The van der Waals surface area contributed by atoms with E-state index < -0.39 is 0 Å². The van der Waals surface area contributed by atoms with E-state index in [1.54, 1.807) is 12.1 Å². The second kappa shape index (κ2) is 3.34. The summed E-state index contributed by atoms with van der Waals surface area (Å²) in [6.45, 7) is 0.307. The topological polar surface area (TPSA) is 65.2 Å². The summed E-state index contributed by atoms with van der Waals surface area (Å²) in [5, 5.41) is 0. The largest absolute Gasteiger partial charge is 0.425 e. The molecule has 0 aliphatic rings. The van der Waals surface area contributed by atoms with Gasteiger partial charge in [0.2, 0.25) is 0 Å². The van der Waals surface area contributed by atoms with Crippen LogP contribution in [0.2, 0.25) is 0 Å². The van der Waals surface area contributed by atoms with E-state index in [0.717, 1.165) is 0 Å². The first-order valence-electron chi connectivity index (χ1n) is 2.76. The van der Waals surface area contributed by atoms with Gasteiger partial charge in [0.1, 0.15) is 4.60 Å². The molecule has 4 nitrogen and oxygen atoms in total. The Morgan fingerprint density at radius 3 is 2.91 bits per heavy atom. The summed E-state index contributed by atoms with van der Waals surface area (Å²) < 4.78 is 5.11. The fourth-order valence-electron chi connectivity index (χ4n) is 0.589. The first-order chi connectivity index (χ1) is 5.24. The van der Waals surface area contributed by atoms with E-state index in [-0.39, 0.29) is 11.6 Å². The number of hydrogen-bond acceptors (Lipinski definition) is 4. The zero-order valence-corrected chi connectivity index (χ0v) is 7.04. The number of halogens is 1. The number of carbonyl (C=O) groups is 1. The van der Waals surface area contributed by atoms with E-state index in [4.69, 9.17) is 5.73 Å². The summed E-state index contributed by atoms with van der Waals surface area (Å²) in [5.41, 5.74) is 5.38. The van der Waals surface area contributed by atoms with Gasteiger partial charge in [-0.15, -0.1) is 0 Å². The van der Waals surface area contributed by atoms with Gasteiger partial charge in [0, 0.05) is 0 Å². The Morgan fingerprint density at radius 1 is 1.64 bits per heavy atom. The monoisotopic (exact) mass is 216 g/mol. The summed E-state index contributed by atoms with van der Waals surface area (Å²) in [4.78, 5) is 13.7. The Kier molecular flexibility index (Phi) is 2.43. The van der Waals surface area contributed by atoms with Crippen molar-refractivity contribution in [1.82, 2.24) is 4.98 Å². The maximum Gasteiger partial charge on any atom is 0.298 e. The van der Waals surface area contributed by atoms with Crippen molar-refractivity contribution in [2.75, 3.05) is 5.73 Å². The number of rotatable bonds is 2. The molecule has 0 unspecified atom stereocenters. The number of hydrogen-bond donors (Lipinski definition) is 1. The lowest BCUT2D eigenvalue weighted by atomic mass is 10.4. The molecular formula is C6H5BrN2O2. The Balaban J connectivity index is 2.98. The van der Waals surface area contributed by atoms with E-state index in [9.17, 15) is 4.79 Å². The first-order valence-corrected chi connectivity index (χ1v) is 3.55. The molecule has 11 heavy (non-hydrogen) atoms. The molecule has 1 heterocycles. The summed E-state index contributed by atoms with van der Waals surface area (Å²) in [6.07, 6.45) is 0. The highest BCUT2D eigenvalue weighted by molar-refractivity contribution is 9.10. The van der Waals surface area contributed by atoms with E-state index in [1.165, 1.54) is 0 Å². The van der Waals surface area contributed by atoms with Crippen LogP contribution in [0.4, 0.5) is 5.82 Å². The molecule has 1 aromatic heterocycles. The number of nitrogens with two attached hydrogens (primary N) is 1. The van der Waals surface area contributed by atoms with Crippen molar-refractivity contribution < 1.29 is 9.53 Å². The molecule has 1 rings (SSSR count). The molecule has 2 N–H and O–H groups in total. The van der Waals surface area contributed by atoms with Crippen LogP contribution in [0.3, 0.4) is 0 Å². The SMILES string of the molecule is Nc1nc(Br)ccc1OC=O. The number of nitrogen functional groups attached to an aromatic ring is 1. The van der Waals surface area contributed by atoms with Crippen molar-refractivity contribution in [3.05, 3.63) is 16.7 Å². The zero-order chi connectivity index (χ0) is 8.27. The van der Waals surface area contributed by atoms with Crippen LogP contribution >= 0.6 is 15.9 Å². The van der Waals surface area contributed by atoms with Gasteiger partial charge in [-0.2, -0.15) is 0 Å². The van der Waals surface area contributed by atoms with Crippen molar-refractivity contribution in [1.29, 1.82) is 0 Å². The van der Waals surface area contributed by atoms with Gasteiger partial charge in [-0.1, -0.05) is 0 Å². The van der Waals surface area contributed by atoms with Gasteiger partial charge in [0.15, 0.2) is 11.6 Å². The highest BCUT2D eigenvalue weighted by atomic mass is 79.9. The number of aromatic nitrogens is 1. The molecule has 58 valence electrons. The number of nitrogens with zero attached hydrogens (tertiary/aromatic N) is 1. The molecule has 0 saturated heterocycles. The van der Waals surface area contributed by atoms with Gasteiger partial charge >= 0.3 is 0 Å². The van der Waals surface area contributed by atoms with Crippen LogP contribution in [0.25, 0.3) is 0 Å². The minimum Gasteiger partial charge on any atom is -0.425 e. The standard InChI is InChI=1S/C6H5BrN2O2/c7-5-2-1-4(11-3-10)6(8)9-5/h1-3H,(H2,8,9). The lowest BCUT2D eigenvalue weighted by molar-refractivity contribution is -0.120. The van der Waals surface area contributed by atoms with Gasteiger partial charge in [0.25, 0.3) is 6.47 Å². The van der Waals surface area contributed by atoms with Crippen molar-refractivity contribution in [3.63, 3.8) is 0 Å². The van der Waals surface area contributed by atoms with Crippen molar-refractivity contribution in [2.24, 2.45) is 0 Å². The molecule has 0 amide bonds. The maximum atomic E-state index is 9.89. The number of ether oxygens (including phenoxy) is 1. The zero-order valence-electron chi connectivity index (χ0n) is 5.45. The summed E-state index contributed by atoms with van der Waals surface area (Å²) in [6, 6.07) is 3.19. The van der Waals surface area contributed by atoms with Gasteiger partial charge in [-0.3, -0.25) is 4.79 Å². The van der Waals surface area contributed by atoms with Crippen LogP contribution in [0.1, 0.15) is 0 Å². The maximum absolute atomic E-state index is 9.89. The van der Waals surface area contributed by atoms with E-state index in [2.05, 4.69) is 25.7 Å². The highest BCUT2D eigenvalue weighted by Gasteiger charge is 2.00. The smallest absolute Gasteiger partial charge is 0.298 e. The second-order valence-corrected chi connectivity index (χ2v) is 2.54. The fourth-order valence-corrected chi connectivity index (χ4v) is 0.912. The molecule has 0 saturated carbocycles. The predicted molar refractivity (Wildman–Crippen MR) is 43.0 cm³/mol. The molecule has 0 radical (unpaired) electrons. The number of pyridine rings is 1. The van der Waals surface area contributed by atoms with E-state index >= 15 is 0 Å². The van der Waals surface area contributed by atoms with Crippen LogP contribution < -0.4 is 10.5 Å². The normalized spacial score (nSPS) is 9.18. The third-order valence-corrected chi connectivity index (χ3v) is 1.47. The van der Waals surface area contributed by atoms with Crippen LogP contribution in [0.5, 0.6) is 5.75 Å². The summed E-state index contributed by atoms with van der Waals surface area (Å²) in [7, 11) is 0. The Bertz CT molecular complexity index is 277. The van der Waals surface area contributed by atoms with Crippen LogP contribution in [0.15, 0.2) is 16.7 Å². The van der Waals surface area contributed by atoms with E-state index in [1.807, 2.05) is 0 Å². The minimum absolute atomic E-state index is 0.187. The minimum atomic E-state index is 0.187. The molecule has 0 bridgehead atoms. The van der Waals surface area contributed by atoms with Gasteiger partial charge in [-0.25, -0.2) is 4.98 Å². The quantitative estimate of drug-likeness (QED) is 0.591. The second-order valence-electron chi connectivity index (χ2n) is 1.73. The van der Waals surface area contributed by atoms with E-state index in [0.29, 0.717) is 11.1 Å². The summed E-state index contributed by atoms with van der Waals surface area (Å²) >= 11 is 3.11. The average molecular weight is 217 g/mol. The van der Waals surface area contributed by atoms with Crippen molar-refractivity contribution in [2.45, 2.75) is 0 Å². The predicted octanol–water partition coefficient (Wildman–Crippen LogP) is 0.962. The Hall–Kier alpha value is -1.10. The van der Waals surface area contributed by atoms with Crippen molar-refractivity contribution in [3.8, 4) is 5.75 Å². The average Bonchev–Trinajstić information content (AvgIpc) is 1.95. The van der Waals surface area contributed by atoms with Crippen LogP contribution in [-0.2, 0) is 4.79 Å². The lowest BCUT2D eigenvalue weighted by Gasteiger charge is -2.00. The van der Waals surface area contributed by atoms with Gasteiger partial charge < -0.3 is 10.5 Å². The molecule has 0 spiro atoms. The molecule has 0 fully saturated rings.